The van der Waals surface area contributed by atoms with E-state index in [0.717, 1.165) is 102 Å². The topological polar surface area (TPSA) is 237 Å². The van der Waals surface area contributed by atoms with Gasteiger partial charge in [0.15, 0.2) is 12.2 Å². The van der Waals surface area contributed by atoms with Crippen molar-refractivity contribution in [2.75, 3.05) is 39.6 Å². The van der Waals surface area contributed by atoms with Crippen LogP contribution in [0.5, 0.6) is 0 Å². The Morgan fingerprint density at radius 3 is 0.687 bits per heavy atom. The SMILES string of the molecule is CCCCCCCCCCCCCCCCCCCCCCCC(=O)O[C@H](COC(=O)CCCCCCCCCCCCCCCCC(C)C)COP(=O)(O)OC[C@@H](O)COP(=O)(O)OC[C@@H](COC(=O)CCCCCCCCCCC)OC(=O)CCCCCCCCCCCC(C)C. The Kier molecular flexibility index (Phi) is 70.3. The average molecular weight is 1450 g/mol. The Morgan fingerprint density at radius 1 is 0.273 bits per heavy atom. The summed E-state index contributed by atoms with van der Waals surface area (Å²) in [5.74, 6) is -0.577. The van der Waals surface area contributed by atoms with Gasteiger partial charge >= 0.3 is 39.5 Å². The van der Waals surface area contributed by atoms with Gasteiger partial charge in [0.2, 0.25) is 0 Å². The summed E-state index contributed by atoms with van der Waals surface area (Å²) >= 11 is 0. The van der Waals surface area contributed by atoms with E-state index in [1.807, 2.05) is 0 Å². The van der Waals surface area contributed by atoms with Crippen molar-refractivity contribution >= 4 is 39.5 Å². The third-order valence-electron chi connectivity index (χ3n) is 18.7. The van der Waals surface area contributed by atoms with Crippen LogP contribution in [0.2, 0.25) is 0 Å². The highest BCUT2D eigenvalue weighted by Crippen LogP contribution is 2.45. The Labute approximate surface area is 607 Å². The van der Waals surface area contributed by atoms with Gasteiger partial charge in [0, 0.05) is 25.7 Å². The van der Waals surface area contributed by atoms with Crippen molar-refractivity contribution in [3.63, 3.8) is 0 Å². The summed E-state index contributed by atoms with van der Waals surface area (Å²) in [6.07, 6.45) is 61.2. The molecule has 0 aliphatic carbocycles. The number of phosphoric acid groups is 2. The van der Waals surface area contributed by atoms with Crippen LogP contribution in [-0.2, 0) is 65.4 Å². The highest BCUT2D eigenvalue weighted by Gasteiger charge is 2.30. The predicted molar refractivity (Wildman–Crippen MR) is 405 cm³/mol. The molecule has 17 nitrogen and oxygen atoms in total. The molecule has 0 spiro atoms. The highest BCUT2D eigenvalue weighted by atomic mass is 31.2. The number of unbranched alkanes of at least 4 members (excludes halogenated alkanes) is 49. The molecular weight excluding hydrogens is 1290 g/mol. The molecule has 0 fully saturated rings. The number of esters is 4. The Morgan fingerprint density at radius 2 is 0.465 bits per heavy atom. The van der Waals surface area contributed by atoms with Crippen molar-refractivity contribution in [1.82, 2.24) is 0 Å². The van der Waals surface area contributed by atoms with E-state index in [0.29, 0.717) is 25.7 Å². The maximum Gasteiger partial charge on any atom is 0.472 e. The number of phosphoric ester groups is 2. The van der Waals surface area contributed by atoms with Gasteiger partial charge in [0.25, 0.3) is 0 Å². The summed E-state index contributed by atoms with van der Waals surface area (Å²) < 4.78 is 68.6. The molecule has 588 valence electrons. The fourth-order valence-electron chi connectivity index (χ4n) is 12.4. The van der Waals surface area contributed by atoms with Crippen LogP contribution in [0.15, 0.2) is 0 Å². The van der Waals surface area contributed by atoms with Crippen LogP contribution in [0.1, 0.15) is 420 Å². The molecule has 0 saturated heterocycles. The number of rotatable bonds is 79. The Balaban J connectivity index is 5.20. The molecule has 19 heteroatoms. The van der Waals surface area contributed by atoms with Crippen LogP contribution >= 0.6 is 15.6 Å². The van der Waals surface area contributed by atoms with Crippen molar-refractivity contribution in [1.29, 1.82) is 0 Å². The molecule has 0 heterocycles. The van der Waals surface area contributed by atoms with Gasteiger partial charge in [0.1, 0.15) is 19.3 Å². The molecule has 99 heavy (non-hydrogen) atoms. The molecule has 0 bridgehead atoms. The number of hydrogen-bond donors (Lipinski definition) is 3. The van der Waals surface area contributed by atoms with Crippen LogP contribution < -0.4 is 0 Å². The number of carbonyl (C=O) groups is 4. The van der Waals surface area contributed by atoms with E-state index < -0.39 is 97.5 Å². The summed E-state index contributed by atoms with van der Waals surface area (Å²) in [5.41, 5.74) is 0. The minimum absolute atomic E-state index is 0.106. The molecule has 0 radical (unpaired) electrons. The molecule has 0 aromatic rings. The molecule has 0 aliphatic heterocycles. The van der Waals surface area contributed by atoms with Crippen molar-refractivity contribution < 1.29 is 80.2 Å². The van der Waals surface area contributed by atoms with Gasteiger partial charge < -0.3 is 33.8 Å². The summed E-state index contributed by atoms with van der Waals surface area (Å²) in [4.78, 5) is 72.9. The summed E-state index contributed by atoms with van der Waals surface area (Å²) in [6, 6.07) is 0. The third-order valence-corrected chi connectivity index (χ3v) is 20.6. The summed E-state index contributed by atoms with van der Waals surface area (Å²) in [5, 5.41) is 10.6. The molecule has 2 unspecified atom stereocenters. The lowest BCUT2D eigenvalue weighted by atomic mass is 10.0. The molecule has 0 aromatic heterocycles. The first-order valence-corrected chi connectivity index (χ1v) is 44.5. The van der Waals surface area contributed by atoms with E-state index in [1.165, 1.54) is 238 Å². The molecule has 5 atom stereocenters. The monoisotopic (exact) mass is 1450 g/mol. The van der Waals surface area contributed by atoms with Crippen LogP contribution in [0, 0.1) is 11.8 Å². The van der Waals surface area contributed by atoms with E-state index in [9.17, 15) is 43.2 Å². The normalized spacial score (nSPS) is 13.9. The van der Waals surface area contributed by atoms with Crippen LogP contribution in [-0.4, -0.2) is 96.7 Å². The first-order valence-electron chi connectivity index (χ1n) is 41.5. The fourth-order valence-corrected chi connectivity index (χ4v) is 13.9. The van der Waals surface area contributed by atoms with Gasteiger partial charge in [-0.05, 0) is 37.5 Å². The smallest absolute Gasteiger partial charge is 0.462 e. The van der Waals surface area contributed by atoms with Gasteiger partial charge in [-0.15, -0.1) is 0 Å². The van der Waals surface area contributed by atoms with Crippen LogP contribution in [0.4, 0.5) is 0 Å². The van der Waals surface area contributed by atoms with Crippen molar-refractivity contribution in [2.45, 2.75) is 439 Å². The zero-order chi connectivity index (χ0) is 72.8. The highest BCUT2D eigenvalue weighted by molar-refractivity contribution is 7.47. The van der Waals surface area contributed by atoms with E-state index in [4.69, 9.17) is 37.0 Å². The van der Waals surface area contributed by atoms with Crippen molar-refractivity contribution in [3.8, 4) is 0 Å². The Hall–Kier alpha value is -1.94. The minimum Gasteiger partial charge on any atom is -0.462 e. The van der Waals surface area contributed by atoms with Gasteiger partial charge in [-0.2, -0.15) is 0 Å². The lowest BCUT2D eigenvalue weighted by Crippen LogP contribution is -2.30. The lowest BCUT2D eigenvalue weighted by Gasteiger charge is -2.21. The molecule has 0 amide bonds. The van der Waals surface area contributed by atoms with Crippen molar-refractivity contribution in [2.24, 2.45) is 11.8 Å². The second-order valence-electron chi connectivity index (χ2n) is 29.8. The van der Waals surface area contributed by atoms with Gasteiger partial charge in [-0.1, -0.05) is 369 Å². The third kappa shape index (κ3) is 74.1. The number of hydrogen-bond acceptors (Lipinski definition) is 15. The fraction of sp³-hybridized carbons (Fsp3) is 0.950. The first kappa shape index (κ1) is 97.1. The quantitative estimate of drug-likeness (QED) is 0.0222. The molecule has 0 saturated carbocycles. The molecule has 0 rings (SSSR count). The second kappa shape index (κ2) is 71.7. The van der Waals surface area contributed by atoms with Crippen molar-refractivity contribution in [3.05, 3.63) is 0 Å². The second-order valence-corrected chi connectivity index (χ2v) is 32.7. The van der Waals surface area contributed by atoms with Gasteiger partial charge in [-0.25, -0.2) is 9.13 Å². The van der Waals surface area contributed by atoms with Gasteiger partial charge in [-0.3, -0.25) is 37.3 Å². The molecule has 0 aliphatic rings. The van der Waals surface area contributed by atoms with Crippen LogP contribution in [0.3, 0.4) is 0 Å². The number of aliphatic hydroxyl groups excluding tert-OH is 1. The standard InChI is InChI=1S/C80H156O17P2/c1-7-9-11-13-15-17-18-19-20-21-22-23-24-25-26-31-34-40-46-52-58-64-79(84)96-76(69-91-78(83)63-57-51-45-39-33-30-28-27-29-32-37-42-48-54-60-72(3)4)71-95-99(88,89)93-67-74(81)66-92-98(86,87)94-70-75(68-90-77(82)62-56-50-44-36-16-14-12-10-8-2)97-80(85)65-59-53-47-41-35-38-43-49-55-61-73(5)6/h72-76,81H,7-71H2,1-6H3,(H,86,87)(H,88,89)/t74-,75+,76+/m0/s1. The lowest BCUT2D eigenvalue weighted by molar-refractivity contribution is -0.161. The summed E-state index contributed by atoms with van der Waals surface area (Å²) in [6.45, 7) is 9.60. The molecule has 3 N–H and O–H groups in total. The van der Waals surface area contributed by atoms with E-state index in [-0.39, 0.29) is 25.7 Å². The predicted octanol–water partition coefficient (Wildman–Crippen LogP) is 23.9. The van der Waals surface area contributed by atoms with E-state index in [1.54, 1.807) is 0 Å². The maximum absolute atomic E-state index is 13.1. The number of ether oxygens (including phenoxy) is 4. The molecule has 0 aromatic carbocycles. The van der Waals surface area contributed by atoms with Crippen LogP contribution in [0.25, 0.3) is 0 Å². The maximum atomic E-state index is 13.1. The Bertz CT molecular complexity index is 1910. The van der Waals surface area contributed by atoms with Gasteiger partial charge in [0.05, 0.1) is 26.4 Å². The summed E-state index contributed by atoms with van der Waals surface area (Å²) in [7, 11) is -9.91. The average Bonchev–Trinajstić information content (AvgIpc) is 1.02. The molecular formula is C80H156O17P2. The number of aliphatic hydroxyl groups is 1. The van der Waals surface area contributed by atoms with E-state index in [2.05, 4.69) is 41.5 Å². The largest absolute Gasteiger partial charge is 0.472 e. The number of carbonyl (C=O) groups excluding carboxylic acids is 4. The first-order chi connectivity index (χ1) is 47.9. The van der Waals surface area contributed by atoms with E-state index >= 15 is 0 Å². The zero-order valence-electron chi connectivity index (χ0n) is 64.8. The zero-order valence-corrected chi connectivity index (χ0v) is 66.6. The minimum atomic E-state index is -4.96.